The first-order valence-corrected chi connectivity index (χ1v) is 9.03. The Morgan fingerprint density at radius 1 is 1.15 bits per heavy atom. The molecule has 0 spiro atoms. The van der Waals surface area contributed by atoms with E-state index in [4.69, 9.17) is 14.5 Å². The standard InChI is InChI=1S/C19H23N3O2S.ClH/c1-13-11-17(14(2)22(13)9-10-23-3)18-12-25-19(21-18)20-15-5-7-16(24-4)8-6-15;/h5-8,11-12H,9-10H2,1-4H3,(H,20,21);1H. The molecule has 0 saturated carbocycles. The van der Waals surface area contributed by atoms with E-state index in [2.05, 4.69) is 35.2 Å². The molecule has 0 radical (unpaired) electrons. The van der Waals surface area contributed by atoms with Crippen molar-refractivity contribution in [1.82, 2.24) is 9.55 Å². The molecular formula is C19H24ClN3O2S. The van der Waals surface area contributed by atoms with Crippen LogP contribution >= 0.6 is 23.7 Å². The van der Waals surface area contributed by atoms with Crippen LogP contribution in [-0.2, 0) is 11.3 Å². The summed E-state index contributed by atoms with van der Waals surface area (Å²) in [6, 6.07) is 10.0. The third-order valence-electron chi connectivity index (χ3n) is 4.21. The van der Waals surface area contributed by atoms with Crippen LogP contribution in [0.2, 0.25) is 0 Å². The summed E-state index contributed by atoms with van der Waals surface area (Å²) in [6.07, 6.45) is 0. The van der Waals surface area contributed by atoms with Gasteiger partial charge in [-0.05, 0) is 44.2 Å². The molecule has 3 aromatic rings. The first kappa shape index (κ1) is 20.3. The summed E-state index contributed by atoms with van der Waals surface area (Å²) in [6.45, 7) is 5.81. The average molecular weight is 394 g/mol. The van der Waals surface area contributed by atoms with Crippen molar-refractivity contribution in [2.24, 2.45) is 0 Å². The fourth-order valence-electron chi connectivity index (χ4n) is 2.84. The molecule has 2 aromatic heterocycles. The smallest absolute Gasteiger partial charge is 0.187 e. The molecule has 0 saturated heterocycles. The van der Waals surface area contributed by atoms with Crippen LogP contribution in [0.3, 0.4) is 0 Å². The van der Waals surface area contributed by atoms with Crippen molar-refractivity contribution in [2.75, 3.05) is 26.1 Å². The van der Waals surface area contributed by atoms with E-state index in [1.54, 1.807) is 25.6 Å². The molecular weight excluding hydrogens is 370 g/mol. The molecule has 7 heteroatoms. The van der Waals surface area contributed by atoms with Gasteiger partial charge in [-0.15, -0.1) is 23.7 Å². The van der Waals surface area contributed by atoms with Gasteiger partial charge in [-0.3, -0.25) is 0 Å². The number of halogens is 1. The Labute approximate surface area is 164 Å². The predicted octanol–water partition coefficient (Wildman–Crippen LogP) is 5.05. The Bertz CT molecular complexity index is 843. The lowest BCUT2D eigenvalue weighted by atomic mass is 10.2. The summed E-state index contributed by atoms with van der Waals surface area (Å²) in [4.78, 5) is 4.75. The number of rotatable bonds is 7. The second-order valence-electron chi connectivity index (χ2n) is 5.82. The van der Waals surface area contributed by atoms with Gasteiger partial charge in [0.2, 0.25) is 0 Å². The van der Waals surface area contributed by atoms with E-state index >= 15 is 0 Å². The molecule has 0 aliphatic heterocycles. The molecule has 0 aliphatic carbocycles. The van der Waals surface area contributed by atoms with Crippen LogP contribution in [0.5, 0.6) is 5.75 Å². The van der Waals surface area contributed by atoms with Crippen molar-refractivity contribution in [2.45, 2.75) is 20.4 Å². The number of ether oxygens (including phenoxy) is 2. The number of aryl methyl sites for hydroxylation is 1. The van der Waals surface area contributed by atoms with Crippen LogP contribution in [0.1, 0.15) is 11.4 Å². The third-order valence-corrected chi connectivity index (χ3v) is 4.97. The van der Waals surface area contributed by atoms with Crippen LogP contribution in [0.15, 0.2) is 35.7 Å². The van der Waals surface area contributed by atoms with Gasteiger partial charge in [0.1, 0.15) is 5.75 Å². The van der Waals surface area contributed by atoms with Crippen molar-refractivity contribution in [3.05, 3.63) is 47.1 Å². The summed E-state index contributed by atoms with van der Waals surface area (Å²) < 4.78 is 12.7. The lowest BCUT2D eigenvalue weighted by Crippen LogP contribution is -2.07. The van der Waals surface area contributed by atoms with E-state index < -0.39 is 0 Å². The average Bonchev–Trinajstić information content (AvgIpc) is 3.18. The highest BCUT2D eigenvalue weighted by molar-refractivity contribution is 7.14. The normalized spacial score (nSPS) is 10.5. The molecule has 0 unspecified atom stereocenters. The SMILES string of the molecule is COCCn1c(C)cc(-c2csc(Nc3ccc(OC)cc3)n2)c1C.Cl. The van der Waals surface area contributed by atoms with Crippen LogP contribution in [0.4, 0.5) is 10.8 Å². The zero-order chi connectivity index (χ0) is 17.8. The second kappa shape index (κ2) is 9.07. The lowest BCUT2D eigenvalue weighted by Gasteiger charge is -2.08. The summed E-state index contributed by atoms with van der Waals surface area (Å²) in [5, 5.41) is 6.31. The monoisotopic (exact) mass is 393 g/mol. The largest absolute Gasteiger partial charge is 0.497 e. The number of aromatic nitrogens is 2. The van der Waals surface area contributed by atoms with Gasteiger partial charge in [-0.1, -0.05) is 0 Å². The number of hydrogen-bond acceptors (Lipinski definition) is 5. The molecule has 0 fully saturated rings. The fourth-order valence-corrected chi connectivity index (χ4v) is 3.57. The Hall–Kier alpha value is -2.02. The molecule has 0 bridgehead atoms. The molecule has 1 aromatic carbocycles. The second-order valence-corrected chi connectivity index (χ2v) is 6.68. The third kappa shape index (κ3) is 4.38. The van der Waals surface area contributed by atoms with Gasteiger partial charge >= 0.3 is 0 Å². The van der Waals surface area contributed by atoms with Crippen LogP contribution in [0.25, 0.3) is 11.3 Å². The van der Waals surface area contributed by atoms with Gasteiger partial charge in [0.25, 0.3) is 0 Å². The van der Waals surface area contributed by atoms with E-state index in [1.165, 1.54) is 17.0 Å². The molecule has 0 atom stereocenters. The van der Waals surface area contributed by atoms with Gasteiger partial charge in [0, 0.05) is 41.7 Å². The number of anilines is 2. The van der Waals surface area contributed by atoms with Gasteiger partial charge in [-0.25, -0.2) is 4.98 Å². The lowest BCUT2D eigenvalue weighted by molar-refractivity contribution is 0.186. The molecule has 0 aliphatic rings. The van der Waals surface area contributed by atoms with Crippen LogP contribution in [-0.4, -0.2) is 30.4 Å². The Morgan fingerprint density at radius 3 is 2.54 bits per heavy atom. The Kier molecular flexibility index (Phi) is 7.08. The zero-order valence-electron chi connectivity index (χ0n) is 15.4. The highest BCUT2D eigenvalue weighted by Crippen LogP contribution is 2.31. The minimum Gasteiger partial charge on any atom is -0.497 e. The maximum absolute atomic E-state index is 5.20. The van der Waals surface area contributed by atoms with Gasteiger partial charge in [0.05, 0.1) is 19.4 Å². The van der Waals surface area contributed by atoms with Gasteiger partial charge in [0.15, 0.2) is 5.13 Å². The molecule has 26 heavy (non-hydrogen) atoms. The predicted molar refractivity (Wildman–Crippen MR) is 110 cm³/mol. The van der Waals surface area contributed by atoms with Gasteiger partial charge in [-0.2, -0.15) is 0 Å². The number of thiazole rings is 1. The topological polar surface area (TPSA) is 48.3 Å². The quantitative estimate of drug-likeness (QED) is 0.610. The maximum atomic E-state index is 5.20. The van der Waals surface area contributed by atoms with E-state index in [0.717, 1.165) is 28.8 Å². The minimum absolute atomic E-state index is 0. The number of methoxy groups -OCH3 is 2. The summed E-state index contributed by atoms with van der Waals surface area (Å²) >= 11 is 1.60. The summed E-state index contributed by atoms with van der Waals surface area (Å²) in [7, 11) is 3.39. The van der Waals surface area contributed by atoms with Crippen molar-refractivity contribution >= 4 is 34.6 Å². The molecule has 0 amide bonds. The number of benzene rings is 1. The zero-order valence-corrected chi connectivity index (χ0v) is 17.0. The molecule has 2 heterocycles. The maximum Gasteiger partial charge on any atom is 0.187 e. The van der Waals surface area contributed by atoms with Crippen LogP contribution in [0, 0.1) is 13.8 Å². The van der Waals surface area contributed by atoms with Crippen molar-refractivity contribution in [1.29, 1.82) is 0 Å². The Balaban J connectivity index is 0.00000243. The van der Waals surface area contributed by atoms with Gasteiger partial charge < -0.3 is 19.4 Å². The first-order chi connectivity index (χ1) is 12.1. The molecule has 1 N–H and O–H groups in total. The van der Waals surface area contributed by atoms with E-state index in [0.29, 0.717) is 6.61 Å². The van der Waals surface area contributed by atoms with E-state index in [-0.39, 0.29) is 12.4 Å². The first-order valence-electron chi connectivity index (χ1n) is 8.15. The summed E-state index contributed by atoms with van der Waals surface area (Å²) in [5.74, 6) is 0.842. The minimum atomic E-state index is 0. The highest BCUT2D eigenvalue weighted by atomic mass is 35.5. The van der Waals surface area contributed by atoms with Crippen LogP contribution < -0.4 is 10.1 Å². The van der Waals surface area contributed by atoms with Crippen molar-refractivity contribution < 1.29 is 9.47 Å². The molecule has 140 valence electrons. The highest BCUT2D eigenvalue weighted by Gasteiger charge is 2.13. The number of nitrogens with one attached hydrogen (secondary N) is 1. The number of nitrogens with zero attached hydrogens (tertiary/aromatic N) is 2. The molecule has 5 nitrogen and oxygen atoms in total. The summed E-state index contributed by atoms with van der Waals surface area (Å²) in [5.41, 5.74) is 5.61. The fraction of sp³-hybridized carbons (Fsp3) is 0.316. The van der Waals surface area contributed by atoms with E-state index in [1.807, 2.05) is 24.3 Å². The number of hydrogen-bond donors (Lipinski definition) is 1. The van der Waals surface area contributed by atoms with Crippen molar-refractivity contribution in [3.8, 4) is 17.0 Å². The Morgan fingerprint density at radius 2 is 1.88 bits per heavy atom. The molecule has 3 rings (SSSR count). The van der Waals surface area contributed by atoms with E-state index in [9.17, 15) is 0 Å². The van der Waals surface area contributed by atoms with Crippen molar-refractivity contribution in [3.63, 3.8) is 0 Å².